The van der Waals surface area contributed by atoms with Gasteiger partial charge in [-0.25, -0.2) is 4.79 Å². The predicted octanol–water partition coefficient (Wildman–Crippen LogP) is 2.79. The normalized spacial score (nSPS) is 29.1. The van der Waals surface area contributed by atoms with Crippen LogP contribution in [-0.2, 0) is 9.47 Å². The summed E-state index contributed by atoms with van der Waals surface area (Å²) in [5.41, 5.74) is -0.408. The molecule has 0 aromatic rings. The average Bonchev–Trinajstić information content (AvgIpc) is 3.02. The number of hydrogen-bond donors (Lipinski definition) is 1. The molecule has 0 bridgehead atoms. The first-order valence-corrected chi connectivity index (χ1v) is 8.67. The highest BCUT2D eigenvalue weighted by Gasteiger charge is 2.29. The summed E-state index contributed by atoms with van der Waals surface area (Å²) in [6.07, 6.45) is 5.18. The SMILES string of the molecule is CC1CCC(CNCCC2CCN(C(=O)OC(C)(C)C)C2)O1. The average molecular weight is 312 g/mol. The van der Waals surface area contributed by atoms with Gasteiger partial charge in [0.1, 0.15) is 5.60 Å². The Balaban J connectivity index is 1.57. The standard InChI is InChI=1S/C17H32N2O3/c1-13-5-6-15(21-13)11-18-9-7-14-8-10-19(12-14)16(20)22-17(2,3)4/h13-15,18H,5-12H2,1-4H3. The monoisotopic (exact) mass is 312 g/mol. The van der Waals surface area contributed by atoms with Crippen molar-refractivity contribution in [1.82, 2.24) is 10.2 Å². The zero-order valence-electron chi connectivity index (χ0n) is 14.6. The van der Waals surface area contributed by atoms with E-state index >= 15 is 0 Å². The van der Waals surface area contributed by atoms with Gasteiger partial charge in [0, 0.05) is 19.6 Å². The molecule has 5 nitrogen and oxygen atoms in total. The van der Waals surface area contributed by atoms with Crippen molar-refractivity contribution in [3.8, 4) is 0 Å². The van der Waals surface area contributed by atoms with Gasteiger partial charge in [0.25, 0.3) is 0 Å². The van der Waals surface area contributed by atoms with Crippen molar-refractivity contribution in [2.75, 3.05) is 26.2 Å². The number of carbonyl (C=O) groups is 1. The zero-order chi connectivity index (χ0) is 16.2. The highest BCUT2D eigenvalue weighted by atomic mass is 16.6. The number of rotatable bonds is 5. The Morgan fingerprint density at radius 1 is 1.32 bits per heavy atom. The number of nitrogens with zero attached hydrogens (tertiary/aromatic N) is 1. The van der Waals surface area contributed by atoms with Crippen LogP contribution in [0, 0.1) is 5.92 Å². The van der Waals surface area contributed by atoms with Crippen molar-refractivity contribution < 1.29 is 14.3 Å². The molecule has 1 amide bonds. The van der Waals surface area contributed by atoms with Gasteiger partial charge in [-0.1, -0.05) is 0 Å². The number of ether oxygens (including phenoxy) is 2. The van der Waals surface area contributed by atoms with Crippen LogP contribution in [0.4, 0.5) is 4.79 Å². The van der Waals surface area contributed by atoms with Crippen molar-refractivity contribution in [3.05, 3.63) is 0 Å². The summed E-state index contributed by atoms with van der Waals surface area (Å²) in [6.45, 7) is 11.5. The van der Waals surface area contributed by atoms with Crippen LogP contribution < -0.4 is 5.32 Å². The molecule has 2 aliphatic heterocycles. The van der Waals surface area contributed by atoms with Gasteiger partial charge in [-0.15, -0.1) is 0 Å². The van der Waals surface area contributed by atoms with Crippen molar-refractivity contribution in [1.29, 1.82) is 0 Å². The van der Waals surface area contributed by atoms with Crippen LogP contribution in [0.2, 0.25) is 0 Å². The lowest BCUT2D eigenvalue weighted by atomic mass is 10.1. The molecule has 128 valence electrons. The van der Waals surface area contributed by atoms with Crippen molar-refractivity contribution in [2.24, 2.45) is 5.92 Å². The highest BCUT2D eigenvalue weighted by Crippen LogP contribution is 2.22. The molecule has 0 aliphatic carbocycles. The molecular weight excluding hydrogens is 280 g/mol. The van der Waals surface area contributed by atoms with E-state index in [1.807, 2.05) is 25.7 Å². The van der Waals surface area contributed by atoms with E-state index < -0.39 is 5.60 Å². The van der Waals surface area contributed by atoms with Crippen molar-refractivity contribution in [3.63, 3.8) is 0 Å². The summed E-state index contributed by atoms with van der Waals surface area (Å²) in [5, 5.41) is 3.50. The lowest BCUT2D eigenvalue weighted by Gasteiger charge is -2.24. The Labute approximate surface area is 134 Å². The molecule has 0 aromatic heterocycles. The van der Waals surface area contributed by atoms with Gasteiger partial charge in [0.15, 0.2) is 0 Å². The van der Waals surface area contributed by atoms with Crippen LogP contribution in [-0.4, -0.2) is 55.0 Å². The summed E-state index contributed by atoms with van der Waals surface area (Å²) in [6, 6.07) is 0. The molecule has 0 aromatic carbocycles. The van der Waals surface area contributed by atoms with Crippen LogP contribution in [0.3, 0.4) is 0 Å². The summed E-state index contributed by atoms with van der Waals surface area (Å²) >= 11 is 0. The van der Waals surface area contributed by atoms with Crippen molar-refractivity contribution >= 4 is 6.09 Å². The fourth-order valence-electron chi connectivity index (χ4n) is 3.17. The van der Waals surface area contributed by atoms with E-state index in [-0.39, 0.29) is 6.09 Å². The maximum absolute atomic E-state index is 12.0. The summed E-state index contributed by atoms with van der Waals surface area (Å²) in [7, 11) is 0. The van der Waals surface area contributed by atoms with Gasteiger partial charge in [-0.3, -0.25) is 0 Å². The Kier molecular flexibility index (Phi) is 6.09. The fraction of sp³-hybridized carbons (Fsp3) is 0.941. The lowest BCUT2D eigenvalue weighted by Crippen LogP contribution is -2.35. The van der Waals surface area contributed by atoms with Gasteiger partial charge in [-0.2, -0.15) is 0 Å². The quantitative estimate of drug-likeness (QED) is 0.793. The van der Waals surface area contributed by atoms with E-state index in [1.54, 1.807) is 0 Å². The molecule has 2 fully saturated rings. The van der Waals surface area contributed by atoms with Gasteiger partial charge < -0.3 is 19.7 Å². The molecule has 0 spiro atoms. The summed E-state index contributed by atoms with van der Waals surface area (Å²) in [4.78, 5) is 13.9. The first-order chi connectivity index (χ1) is 10.3. The van der Waals surface area contributed by atoms with Gasteiger partial charge in [0.2, 0.25) is 0 Å². The summed E-state index contributed by atoms with van der Waals surface area (Å²) in [5.74, 6) is 0.587. The molecule has 2 saturated heterocycles. The van der Waals surface area contributed by atoms with Crippen LogP contribution in [0.5, 0.6) is 0 Å². The molecule has 0 radical (unpaired) electrons. The molecule has 22 heavy (non-hydrogen) atoms. The van der Waals surface area contributed by atoms with Crippen LogP contribution in [0.25, 0.3) is 0 Å². The molecule has 3 atom stereocenters. The number of likely N-dealkylation sites (tertiary alicyclic amines) is 1. The second-order valence-corrected chi connectivity index (χ2v) is 7.72. The molecule has 1 N–H and O–H groups in total. The van der Waals surface area contributed by atoms with Gasteiger partial charge >= 0.3 is 6.09 Å². The highest BCUT2D eigenvalue weighted by molar-refractivity contribution is 5.68. The Hall–Kier alpha value is -0.810. The largest absolute Gasteiger partial charge is 0.444 e. The van der Waals surface area contributed by atoms with E-state index in [4.69, 9.17) is 9.47 Å². The zero-order valence-corrected chi connectivity index (χ0v) is 14.6. The third kappa shape index (κ3) is 5.76. The number of nitrogens with one attached hydrogen (secondary N) is 1. The predicted molar refractivity (Wildman–Crippen MR) is 87.0 cm³/mol. The van der Waals surface area contributed by atoms with Crippen molar-refractivity contribution in [2.45, 2.75) is 71.2 Å². The molecule has 5 heteroatoms. The van der Waals surface area contributed by atoms with Gasteiger partial charge in [-0.05, 0) is 65.8 Å². The maximum Gasteiger partial charge on any atom is 0.410 e. The lowest BCUT2D eigenvalue weighted by molar-refractivity contribution is 0.0287. The molecule has 0 saturated carbocycles. The first kappa shape index (κ1) is 17.5. The smallest absolute Gasteiger partial charge is 0.410 e. The van der Waals surface area contributed by atoms with Crippen LogP contribution >= 0.6 is 0 Å². The van der Waals surface area contributed by atoms with E-state index in [1.165, 1.54) is 12.8 Å². The first-order valence-electron chi connectivity index (χ1n) is 8.67. The number of carbonyl (C=O) groups excluding carboxylic acids is 1. The Morgan fingerprint density at radius 3 is 2.73 bits per heavy atom. The van der Waals surface area contributed by atoms with E-state index in [0.717, 1.165) is 39.0 Å². The van der Waals surface area contributed by atoms with Crippen LogP contribution in [0.15, 0.2) is 0 Å². The van der Waals surface area contributed by atoms with E-state index in [2.05, 4.69) is 12.2 Å². The van der Waals surface area contributed by atoms with E-state index in [0.29, 0.717) is 18.1 Å². The topological polar surface area (TPSA) is 50.8 Å². The molecular formula is C17H32N2O3. The third-order valence-electron chi connectivity index (χ3n) is 4.36. The third-order valence-corrected chi connectivity index (χ3v) is 4.36. The Morgan fingerprint density at radius 2 is 2.09 bits per heavy atom. The molecule has 3 unspecified atom stereocenters. The minimum Gasteiger partial charge on any atom is -0.444 e. The second kappa shape index (κ2) is 7.64. The number of hydrogen-bond acceptors (Lipinski definition) is 4. The summed E-state index contributed by atoms with van der Waals surface area (Å²) < 4.78 is 11.2. The minimum atomic E-state index is -0.408. The maximum atomic E-state index is 12.0. The molecule has 2 aliphatic rings. The fourth-order valence-corrected chi connectivity index (χ4v) is 3.17. The second-order valence-electron chi connectivity index (χ2n) is 7.72. The van der Waals surface area contributed by atoms with Gasteiger partial charge in [0.05, 0.1) is 12.2 Å². The van der Waals surface area contributed by atoms with Crippen LogP contribution in [0.1, 0.15) is 53.4 Å². The molecule has 2 rings (SSSR count). The number of amides is 1. The Bertz CT molecular complexity index is 367. The molecule has 2 heterocycles. The van der Waals surface area contributed by atoms with E-state index in [9.17, 15) is 4.79 Å². The minimum absolute atomic E-state index is 0.170.